The van der Waals surface area contributed by atoms with Crippen LogP contribution in [-0.4, -0.2) is 35.0 Å². The number of rotatable bonds is 5. The summed E-state index contributed by atoms with van der Waals surface area (Å²) in [5.41, 5.74) is 2.04. The predicted molar refractivity (Wildman–Crippen MR) is 86.7 cm³/mol. The molecule has 1 aliphatic heterocycles. The number of hydrogen-bond donors (Lipinski definition) is 0. The van der Waals surface area contributed by atoms with E-state index in [4.69, 9.17) is 4.74 Å². The Morgan fingerprint density at radius 3 is 3.14 bits per heavy atom. The molecule has 4 nitrogen and oxygen atoms in total. The molecule has 2 aromatic rings. The molecule has 1 amide bonds. The Labute approximate surface area is 134 Å². The molecule has 3 heterocycles. The fraction of sp³-hybridized carbons (Fsp3) is 0.412. The average Bonchev–Trinajstić information content (AvgIpc) is 3.07. The van der Waals surface area contributed by atoms with E-state index in [9.17, 15) is 4.79 Å². The van der Waals surface area contributed by atoms with E-state index in [0.29, 0.717) is 19.6 Å². The van der Waals surface area contributed by atoms with E-state index in [1.807, 2.05) is 39.9 Å². The van der Waals surface area contributed by atoms with Crippen LogP contribution in [0.15, 0.2) is 41.2 Å². The van der Waals surface area contributed by atoms with E-state index in [2.05, 4.69) is 4.98 Å². The highest BCUT2D eigenvalue weighted by Gasteiger charge is 2.24. The van der Waals surface area contributed by atoms with E-state index >= 15 is 0 Å². The summed E-state index contributed by atoms with van der Waals surface area (Å²) in [6.07, 6.45) is 4.39. The van der Waals surface area contributed by atoms with Crippen molar-refractivity contribution in [2.24, 2.45) is 0 Å². The minimum absolute atomic E-state index is 0.113. The van der Waals surface area contributed by atoms with Gasteiger partial charge in [-0.25, -0.2) is 0 Å². The molecule has 0 aliphatic carbocycles. The Kier molecular flexibility index (Phi) is 5.19. The zero-order valence-corrected chi connectivity index (χ0v) is 13.3. The lowest BCUT2D eigenvalue weighted by atomic mass is 10.1. The van der Waals surface area contributed by atoms with Crippen LogP contribution >= 0.6 is 11.3 Å². The standard InChI is InChI=1S/C17H20N2O2S/c20-17(10-14-6-9-22-13-14)19-8-3-5-16(11-19)21-12-15-4-1-2-7-18-15/h1-2,4,6-7,9,13,16H,3,5,8,10-12H2/t16-/m0/s1. The molecule has 0 N–H and O–H groups in total. The first-order valence-corrected chi connectivity index (χ1v) is 8.56. The van der Waals surface area contributed by atoms with Crippen molar-refractivity contribution < 1.29 is 9.53 Å². The minimum atomic E-state index is 0.113. The molecule has 0 spiro atoms. The fourth-order valence-electron chi connectivity index (χ4n) is 2.67. The molecule has 1 aliphatic rings. The smallest absolute Gasteiger partial charge is 0.227 e. The van der Waals surface area contributed by atoms with Crippen LogP contribution in [0, 0.1) is 0 Å². The van der Waals surface area contributed by atoms with Gasteiger partial charge < -0.3 is 9.64 Å². The normalized spacial score (nSPS) is 18.4. The van der Waals surface area contributed by atoms with Gasteiger partial charge in [0, 0.05) is 19.3 Å². The maximum atomic E-state index is 12.3. The van der Waals surface area contributed by atoms with Crippen LogP contribution in [0.4, 0.5) is 0 Å². The van der Waals surface area contributed by atoms with Crippen LogP contribution in [0.25, 0.3) is 0 Å². The van der Waals surface area contributed by atoms with Crippen LogP contribution < -0.4 is 0 Å². The third kappa shape index (κ3) is 4.15. The second kappa shape index (κ2) is 7.51. The summed E-state index contributed by atoms with van der Waals surface area (Å²) in [4.78, 5) is 18.5. The van der Waals surface area contributed by atoms with Crippen molar-refractivity contribution in [2.45, 2.75) is 32.0 Å². The third-order valence-electron chi connectivity index (χ3n) is 3.86. The summed E-state index contributed by atoms with van der Waals surface area (Å²) in [6, 6.07) is 7.84. The van der Waals surface area contributed by atoms with Gasteiger partial charge in [0.05, 0.1) is 24.8 Å². The second-order valence-corrected chi connectivity index (χ2v) is 6.32. The Morgan fingerprint density at radius 2 is 2.36 bits per heavy atom. The van der Waals surface area contributed by atoms with E-state index in [1.54, 1.807) is 17.5 Å². The monoisotopic (exact) mass is 316 g/mol. The van der Waals surface area contributed by atoms with Crippen LogP contribution in [0.1, 0.15) is 24.1 Å². The highest BCUT2D eigenvalue weighted by Crippen LogP contribution is 2.16. The molecule has 0 aromatic carbocycles. The summed E-state index contributed by atoms with van der Waals surface area (Å²) in [5, 5.41) is 4.05. The molecular formula is C17H20N2O2S. The number of carbonyl (C=O) groups is 1. The zero-order chi connectivity index (χ0) is 15.2. The van der Waals surface area contributed by atoms with E-state index in [0.717, 1.165) is 30.6 Å². The summed E-state index contributed by atoms with van der Waals surface area (Å²) >= 11 is 1.63. The number of piperidine rings is 1. The maximum absolute atomic E-state index is 12.3. The molecule has 5 heteroatoms. The predicted octanol–water partition coefficient (Wildman–Crippen LogP) is 2.89. The molecule has 3 rings (SSSR count). The van der Waals surface area contributed by atoms with Gasteiger partial charge in [-0.05, 0) is 47.4 Å². The van der Waals surface area contributed by atoms with E-state index in [1.165, 1.54) is 0 Å². The Hall–Kier alpha value is -1.72. The SMILES string of the molecule is O=C(Cc1ccsc1)N1CCC[C@H](OCc2ccccn2)C1. The largest absolute Gasteiger partial charge is 0.370 e. The van der Waals surface area contributed by atoms with Crippen LogP contribution in [0.3, 0.4) is 0 Å². The first kappa shape index (κ1) is 15.2. The number of nitrogens with zero attached hydrogens (tertiary/aromatic N) is 2. The van der Waals surface area contributed by atoms with Crippen molar-refractivity contribution in [3.63, 3.8) is 0 Å². The number of pyridine rings is 1. The van der Waals surface area contributed by atoms with Crippen molar-refractivity contribution in [2.75, 3.05) is 13.1 Å². The van der Waals surface area contributed by atoms with Crippen LogP contribution in [-0.2, 0) is 22.6 Å². The van der Waals surface area contributed by atoms with Crippen molar-refractivity contribution in [1.82, 2.24) is 9.88 Å². The molecule has 0 radical (unpaired) electrons. The van der Waals surface area contributed by atoms with E-state index < -0.39 is 0 Å². The molecule has 1 saturated heterocycles. The van der Waals surface area contributed by atoms with Crippen LogP contribution in [0.5, 0.6) is 0 Å². The summed E-state index contributed by atoms with van der Waals surface area (Å²) in [6.45, 7) is 2.04. The molecule has 22 heavy (non-hydrogen) atoms. The quantitative estimate of drug-likeness (QED) is 0.852. The first-order chi connectivity index (χ1) is 10.8. The van der Waals surface area contributed by atoms with Gasteiger partial charge in [0.1, 0.15) is 0 Å². The fourth-order valence-corrected chi connectivity index (χ4v) is 3.34. The van der Waals surface area contributed by atoms with Crippen molar-refractivity contribution in [1.29, 1.82) is 0 Å². The first-order valence-electron chi connectivity index (χ1n) is 7.61. The molecule has 2 aromatic heterocycles. The molecule has 0 unspecified atom stereocenters. The Morgan fingerprint density at radius 1 is 1.41 bits per heavy atom. The van der Waals surface area contributed by atoms with Crippen molar-refractivity contribution in [3.05, 3.63) is 52.5 Å². The topological polar surface area (TPSA) is 42.4 Å². The van der Waals surface area contributed by atoms with Gasteiger partial charge in [-0.3, -0.25) is 9.78 Å². The third-order valence-corrected chi connectivity index (χ3v) is 4.59. The molecular weight excluding hydrogens is 296 g/mol. The summed E-state index contributed by atoms with van der Waals surface area (Å²) in [5.74, 6) is 0.199. The lowest BCUT2D eigenvalue weighted by molar-refractivity contribution is -0.134. The summed E-state index contributed by atoms with van der Waals surface area (Å²) < 4.78 is 5.93. The molecule has 1 fully saturated rings. The van der Waals surface area contributed by atoms with Gasteiger partial charge in [-0.15, -0.1) is 0 Å². The average molecular weight is 316 g/mol. The van der Waals surface area contributed by atoms with Gasteiger partial charge >= 0.3 is 0 Å². The van der Waals surface area contributed by atoms with Crippen molar-refractivity contribution in [3.8, 4) is 0 Å². The number of carbonyl (C=O) groups excluding carboxylic acids is 1. The number of hydrogen-bond acceptors (Lipinski definition) is 4. The maximum Gasteiger partial charge on any atom is 0.227 e. The number of thiophene rings is 1. The summed E-state index contributed by atoms with van der Waals surface area (Å²) in [7, 11) is 0. The Bertz CT molecular complexity index is 586. The van der Waals surface area contributed by atoms with E-state index in [-0.39, 0.29) is 12.0 Å². The number of ether oxygens (including phenoxy) is 1. The highest BCUT2D eigenvalue weighted by molar-refractivity contribution is 7.07. The van der Waals surface area contributed by atoms with Gasteiger partial charge in [0.2, 0.25) is 5.91 Å². The number of likely N-dealkylation sites (tertiary alicyclic amines) is 1. The molecule has 1 atom stereocenters. The lowest BCUT2D eigenvalue weighted by Gasteiger charge is -2.32. The van der Waals surface area contributed by atoms with Crippen molar-refractivity contribution >= 4 is 17.2 Å². The van der Waals surface area contributed by atoms with Gasteiger partial charge in [0.25, 0.3) is 0 Å². The Balaban J connectivity index is 1.49. The number of aromatic nitrogens is 1. The van der Waals surface area contributed by atoms with Gasteiger partial charge in [-0.1, -0.05) is 6.07 Å². The van der Waals surface area contributed by atoms with Gasteiger partial charge in [0.15, 0.2) is 0 Å². The molecule has 0 bridgehead atoms. The molecule has 0 saturated carbocycles. The number of amides is 1. The highest BCUT2D eigenvalue weighted by atomic mass is 32.1. The minimum Gasteiger partial charge on any atom is -0.370 e. The zero-order valence-electron chi connectivity index (χ0n) is 12.5. The molecule has 116 valence electrons. The lowest BCUT2D eigenvalue weighted by Crippen LogP contribution is -2.43. The van der Waals surface area contributed by atoms with Gasteiger partial charge in [-0.2, -0.15) is 11.3 Å². The second-order valence-electron chi connectivity index (χ2n) is 5.54. The van der Waals surface area contributed by atoms with Crippen LogP contribution in [0.2, 0.25) is 0 Å².